The SMILES string of the molecule is CC/C=C\C/C=C\C/C=C\C/C=C\C/C=C\C/C=C\CCCCC(=O)OCC(COC(=O)CCCCCCCCCC)OC(=O)CCCCCCCCCCCC. The van der Waals surface area contributed by atoms with Gasteiger partial charge in [0.05, 0.1) is 0 Å². The van der Waals surface area contributed by atoms with Gasteiger partial charge >= 0.3 is 17.9 Å². The third kappa shape index (κ3) is 43.8. The molecule has 0 amide bonds. The summed E-state index contributed by atoms with van der Waals surface area (Å²) in [7, 11) is 0. The first-order chi connectivity index (χ1) is 28.0. The van der Waals surface area contributed by atoms with Crippen LogP contribution in [0.5, 0.6) is 0 Å². The molecular weight excluding hydrogens is 709 g/mol. The molecule has 0 aliphatic rings. The molecule has 0 N–H and O–H groups in total. The molecule has 0 aliphatic carbocycles. The number of hydrogen-bond acceptors (Lipinski definition) is 6. The summed E-state index contributed by atoms with van der Waals surface area (Å²) in [6.45, 7) is 6.43. The maximum Gasteiger partial charge on any atom is 0.306 e. The van der Waals surface area contributed by atoms with E-state index in [1.165, 1.54) is 77.0 Å². The fourth-order valence-corrected chi connectivity index (χ4v) is 6.21. The van der Waals surface area contributed by atoms with Crippen molar-refractivity contribution in [3.05, 3.63) is 72.9 Å². The molecule has 0 saturated carbocycles. The lowest BCUT2D eigenvalue weighted by molar-refractivity contribution is -0.167. The molecule has 0 bridgehead atoms. The van der Waals surface area contributed by atoms with Gasteiger partial charge in [-0.3, -0.25) is 14.4 Å². The second kappa shape index (κ2) is 45.6. The zero-order chi connectivity index (χ0) is 41.5. The van der Waals surface area contributed by atoms with Crippen molar-refractivity contribution < 1.29 is 28.6 Å². The Bertz CT molecular complexity index is 1100. The Morgan fingerprint density at radius 2 is 0.684 bits per heavy atom. The van der Waals surface area contributed by atoms with Crippen molar-refractivity contribution >= 4 is 17.9 Å². The third-order valence-electron chi connectivity index (χ3n) is 9.73. The molecule has 0 rings (SSSR count). The number of hydrogen-bond donors (Lipinski definition) is 0. The van der Waals surface area contributed by atoms with Crippen LogP contribution in [0.4, 0.5) is 0 Å². The van der Waals surface area contributed by atoms with E-state index in [4.69, 9.17) is 14.2 Å². The first-order valence-electron chi connectivity index (χ1n) is 23.4. The fraction of sp³-hybridized carbons (Fsp3) is 0.706. The largest absolute Gasteiger partial charge is 0.462 e. The van der Waals surface area contributed by atoms with Gasteiger partial charge in [-0.25, -0.2) is 0 Å². The monoisotopic (exact) mass is 795 g/mol. The van der Waals surface area contributed by atoms with Crippen LogP contribution in [0.25, 0.3) is 0 Å². The van der Waals surface area contributed by atoms with Crippen molar-refractivity contribution in [1.29, 1.82) is 0 Å². The van der Waals surface area contributed by atoms with Crippen molar-refractivity contribution in [2.24, 2.45) is 0 Å². The molecule has 1 unspecified atom stereocenters. The van der Waals surface area contributed by atoms with E-state index in [9.17, 15) is 14.4 Å². The summed E-state index contributed by atoms with van der Waals surface area (Å²) in [6.07, 6.45) is 56.1. The minimum absolute atomic E-state index is 0.0877. The second-order valence-corrected chi connectivity index (χ2v) is 15.3. The van der Waals surface area contributed by atoms with Crippen LogP contribution in [-0.4, -0.2) is 37.2 Å². The molecule has 0 saturated heterocycles. The van der Waals surface area contributed by atoms with Crippen LogP contribution in [0.3, 0.4) is 0 Å². The van der Waals surface area contributed by atoms with Gasteiger partial charge in [0, 0.05) is 19.3 Å². The van der Waals surface area contributed by atoms with Gasteiger partial charge in [-0.1, -0.05) is 196 Å². The van der Waals surface area contributed by atoms with Crippen molar-refractivity contribution in [3.63, 3.8) is 0 Å². The number of ether oxygens (including phenoxy) is 3. The number of carbonyl (C=O) groups excluding carboxylic acids is 3. The van der Waals surface area contributed by atoms with Crippen molar-refractivity contribution in [1.82, 2.24) is 0 Å². The Kier molecular flexibility index (Phi) is 43.0. The van der Waals surface area contributed by atoms with Crippen molar-refractivity contribution in [2.75, 3.05) is 13.2 Å². The zero-order valence-corrected chi connectivity index (χ0v) is 37.1. The minimum atomic E-state index is -0.786. The lowest BCUT2D eigenvalue weighted by atomic mass is 10.1. The van der Waals surface area contributed by atoms with Gasteiger partial charge in [0.25, 0.3) is 0 Å². The summed E-state index contributed by atoms with van der Waals surface area (Å²) in [5.41, 5.74) is 0. The van der Waals surface area contributed by atoms with E-state index in [1.807, 2.05) is 0 Å². The van der Waals surface area contributed by atoms with Crippen LogP contribution in [0, 0.1) is 0 Å². The zero-order valence-electron chi connectivity index (χ0n) is 37.1. The Labute approximate surface area is 351 Å². The standard InChI is InChI=1S/C51H86O6/c1-4-7-10-13-16-19-21-22-23-24-25-26-27-28-29-30-31-33-35-38-41-44-50(53)56-47-48(46-55-49(52)43-40-37-34-18-15-12-9-6-3)57-51(54)45-42-39-36-32-20-17-14-11-8-5-2/h7,10,16,19,22-23,25-26,28-29,31,33,48H,4-6,8-9,11-15,17-18,20-21,24,27,30,32,34-47H2,1-3H3/b10-7-,19-16-,23-22-,26-25-,29-28-,33-31-. The molecular formula is C51H86O6. The van der Waals surface area contributed by atoms with Crippen LogP contribution >= 0.6 is 0 Å². The lowest BCUT2D eigenvalue weighted by Gasteiger charge is -2.18. The number of rotatable bonds is 41. The molecule has 6 heteroatoms. The first-order valence-corrected chi connectivity index (χ1v) is 23.4. The van der Waals surface area contributed by atoms with Crippen LogP contribution in [0.2, 0.25) is 0 Å². The summed E-state index contributed by atoms with van der Waals surface area (Å²) in [5, 5.41) is 0. The average Bonchev–Trinajstić information content (AvgIpc) is 3.21. The molecule has 0 spiro atoms. The topological polar surface area (TPSA) is 78.9 Å². The van der Waals surface area contributed by atoms with Gasteiger partial charge in [0.1, 0.15) is 13.2 Å². The molecule has 0 aromatic carbocycles. The van der Waals surface area contributed by atoms with E-state index in [0.717, 1.165) is 96.3 Å². The highest BCUT2D eigenvalue weighted by molar-refractivity contribution is 5.71. The predicted octanol–water partition coefficient (Wildman–Crippen LogP) is 15.1. The molecule has 326 valence electrons. The summed E-state index contributed by atoms with van der Waals surface area (Å²) in [4.78, 5) is 37.6. The van der Waals surface area contributed by atoms with Crippen LogP contribution in [-0.2, 0) is 28.6 Å². The minimum Gasteiger partial charge on any atom is -0.462 e. The molecule has 6 nitrogen and oxygen atoms in total. The maximum atomic E-state index is 12.7. The van der Waals surface area contributed by atoms with E-state index in [-0.39, 0.29) is 31.1 Å². The molecule has 0 aromatic rings. The molecule has 0 aromatic heterocycles. The quantitative estimate of drug-likeness (QED) is 0.0265. The third-order valence-corrected chi connectivity index (χ3v) is 9.73. The molecule has 57 heavy (non-hydrogen) atoms. The second-order valence-electron chi connectivity index (χ2n) is 15.3. The summed E-state index contributed by atoms with van der Waals surface area (Å²) >= 11 is 0. The van der Waals surface area contributed by atoms with E-state index in [1.54, 1.807) is 0 Å². The Hall–Kier alpha value is -3.15. The van der Waals surface area contributed by atoms with Gasteiger partial charge in [-0.05, 0) is 70.6 Å². The number of unbranched alkanes of at least 4 members (excludes halogenated alkanes) is 18. The first kappa shape index (κ1) is 53.9. The van der Waals surface area contributed by atoms with Gasteiger partial charge in [0.15, 0.2) is 6.10 Å². The van der Waals surface area contributed by atoms with Gasteiger partial charge in [-0.2, -0.15) is 0 Å². The summed E-state index contributed by atoms with van der Waals surface area (Å²) < 4.78 is 16.6. The number of allylic oxidation sites excluding steroid dienone is 12. The number of esters is 3. The Morgan fingerprint density at radius 3 is 1.07 bits per heavy atom. The highest BCUT2D eigenvalue weighted by Gasteiger charge is 2.19. The van der Waals surface area contributed by atoms with Crippen LogP contribution in [0.15, 0.2) is 72.9 Å². The van der Waals surface area contributed by atoms with Crippen molar-refractivity contribution in [2.45, 2.75) is 219 Å². The van der Waals surface area contributed by atoms with Gasteiger partial charge in [0.2, 0.25) is 0 Å². The summed E-state index contributed by atoms with van der Waals surface area (Å²) in [5.74, 6) is -0.942. The predicted molar refractivity (Wildman–Crippen MR) is 242 cm³/mol. The van der Waals surface area contributed by atoms with E-state index < -0.39 is 6.10 Å². The Morgan fingerprint density at radius 1 is 0.368 bits per heavy atom. The highest BCUT2D eigenvalue weighted by Crippen LogP contribution is 2.13. The normalized spacial score (nSPS) is 12.7. The lowest BCUT2D eigenvalue weighted by Crippen LogP contribution is -2.30. The van der Waals surface area contributed by atoms with Gasteiger partial charge in [-0.15, -0.1) is 0 Å². The smallest absolute Gasteiger partial charge is 0.306 e. The van der Waals surface area contributed by atoms with Crippen molar-refractivity contribution in [3.8, 4) is 0 Å². The summed E-state index contributed by atoms with van der Waals surface area (Å²) in [6, 6.07) is 0. The van der Waals surface area contributed by atoms with Gasteiger partial charge < -0.3 is 14.2 Å². The molecule has 0 radical (unpaired) electrons. The highest BCUT2D eigenvalue weighted by atomic mass is 16.6. The average molecular weight is 795 g/mol. The maximum absolute atomic E-state index is 12.7. The molecule has 0 aliphatic heterocycles. The van der Waals surface area contributed by atoms with Crippen LogP contribution in [0.1, 0.15) is 213 Å². The number of carbonyl (C=O) groups is 3. The van der Waals surface area contributed by atoms with E-state index in [2.05, 4.69) is 93.7 Å². The molecule has 0 heterocycles. The van der Waals surface area contributed by atoms with E-state index >= 15 is 0 Å². The van der Waals surface area contributed by atoms with E-state index in [0.29, 0.717) is 19.3 Å². The molecule has 1 atom stereocenters. The fourth-order valence-electron chi connectivity index (χ4n) is 6.21. The Balaban J connectivity index is 4.35. The van der Waals surface area contributed by atoms with Crippen LogP contribution < -0.4 is 0 Å². The molecule has 0 fully saturated rings.